The molecule has 0 radical (unpaired) electrons. The molecule has 32 heavy (non-hydrogen) atoms. The molecule has 2 amide bonds. The molecule has 2 heterocycles. The Morgan fingerprint density at radius 3 is 2.59 bits per heavy atom. The predicted molar refractivity (Wildman–Crippen MR) is 118 cm³/mol. The summed E-state index contributed by atoms with van der Waals surface area (Å²) >= 11 is 0. The van der Waals surface area contributed by atoms with Gasteiger partial charge in [0.2, 0.25) is 11.8 Å². The molecule has 9 nitrogen and oxygen atoms in total. The molecule has 2 aromatic rings. The maximum absolute atomic E-state index is 13.7. The summed E-state index contributed by atoms with van der Waals surface area (Å²) in [5, 5.41) is 15.1. The van der Waals surface area contributed by atoms with Crippen molar-refractivity contribution in [3.63, 3.8) is 0 Å². The standard InChI is InChI=1S/C23H32N6O3/c1-16(2)20-21-25-26-27-28(21)15-19(30)29(20)23(12-5-4-6-13-23)22(31)24-14-11-17-7-9-18(32-3)10-8-17/h7-10,16,20H,4-6,11-15H2,1-3H3,(H,24,31). The number of benzene rings is 1. The average molecular weight is 441 g/mol. The third-order valence-electron chi connectivity index (χ3n) is 6.71. The zero-order valence-corrected chi connectivity index (χ0v) is 19.1. The van der Waals surface area contributed by atoms with E-state index >= 15 is 0 Å². The number of ether oxygens (including phenoxy) is 1. The Morgan fingerprint density at radius 2 is 1.94 bits per heavy atom. The average Bonchev–Trinajstić information content (AvgIpc) is 3.26. The van der Waals surface area contributed by atoms with Gasteiger partial charge in [0.25, 0.3) is 0 Å². The van der Waals surface area contributed by atoms with E-state index in [-0.39, 0.29) is 30.3 Å². The number of methoxy groups -OCH3 is 1. The van der Waals surface area contributed by atoms with E-state index in [1.54, 1.807) is 11.8 Å². The number of aromatic nitrogens is 4. The van der Waals surface area contributed by atoms with Crippen LogP contribution in [0.15, 0.2) is 24.3 Å². The summed E-state index contributed by atoms with van der Waals surface area (Å²) in [6, 6.07) is 7.53. The Balaban J connectivity index is 1.55. The van der Waals surface area contributed by atoms with Gasteiger partial charge in [0, 0.05) is 6.54 Å². The second-order valence-corrected chi connectivity index (χ2v) is 9.09. The zero-order valence-electron chi connectivity index (χ0n) is 19.1. The summed E-state index contributed by atoms with van der Waals surface area (Å²) in [5.74, 6) is 1.40. The Hall–Kier alpha value is -2.97. The molecule has 2 aliphatic rings. The SMILES string of the molecule is COc1ccc(CCNC(=O)C2(N3C(=O)Cn4nnnc4C3C(C)C)CCCCC2)cc1. The lowest BCUT2D eigenvalue weighted by Gasteiger charge is -2.50. The van der Waals surface area contributed by atoms with Crippen molar-refractivity contribution in [2.24, 2.45) is 5.92 Å². The summed E-state index contributed by atoms with van der Waals surface area (Å²) in [6.45, 7) is 4.69. The van der Waals surface area contributed by atoms with Gasteiger partial charge in [0.1, 0.15) is 17.8 Å². The summed E-state index contributed by atoms with van der Waals surface area (Å²) in [5.41, 5.74) is 0.263. The number of carbonyl (C=O) groups excluding carboxylic acids is 2. The number of nitrogens with zero attached hydrogens (tertiary/aromatic N) is 5. The normalized spacial score (nSPS) is 20.2. The van der Waals surface area contributed by atoms with Gasteiger partial charge in [-0.15, -0.1) is 5.10 Å². The van der Waals surface area contributed by atoms with Gasteiger partial charge in [-0.25, -0.2) is 4.68 Å². The minimum atomic E-state index is -0.860. The molecule has 1 aliphatic heterocycles. The summed E-state index contributed by atoms with van der Waals surface area (Å²) in [4.78, 5) is 28.9. The van der Waals surface area contributed by atoms with Gasteiger partial charge in [-0.2, -0.15) is 0 Å². The van der Waals surface area contributed by atoms with Crippen molar-refractivity contribution in [3.05, 3.63) is 35.7 Å². The molecule has 1 aliphatic carbocycles. The smallest absolute Gasteiger partial charge is 0.246 e. The van der Waals surface area contributed by atoms with E-state index in [1.165, 1.54) is 0 Å². The van der Waals surface area contributed by atoms with Crippen molar-refractivity contribution in [2.45, 2.75) is 70.5 Å². The van der Waals surface area contributed by atoms with E-state index in [0.29, 0.717) is 31.6 Å². The number of tetrazole rings is 1. The summed E-state index contributed by atoms with van der Waals surface area (Å²) in [7, 11) is 1.64. The molecule has 1 aromatic carbocycles. The highest BCUT2D eigenvalue weighted by Gasteiger charge is 2.53. The van der Waals surface area contributed by atoms with Crippen LogP contribution in [-0.2, 0) is 22.6 Å². The molecule has 1 atom stereocenters. The highest BCUT2D eigenvalue weighted by molar-refractivity contribution is 5.92. The van der Waals surface area contributed by atoms with Crippen molar-refractivity contribution in [3.8, 4) is 5.75 Å². The number of hydrogen-bond acceptors (Lipinski definition) is 6. The van der Waals surface area contributed by atoms with Gasteiger partial charge >= 0.3 is 0 Å². The molecule has 0 bridgehead atoms. The largest absolute Gasteiger partial charge is 0.497 e. The first-order chi connectivity index (χ1) is 15.5. The fourth-order valence-corrected chi connectivity index (χ4v) is 5.10. The van der Waals surface area contributed by atoms with Crippen molar-refractivity contribution >= 4 is 11.8 Å². The second-order valence-electron chi connectivity index (χ2n) is 9.09. The number of amides is 2. The molecule has 9 heteroatoms. The molecule has 1 unspecified atom stereocenters. The number of carbonyl (C=O) groups is 2. The van der Waals surface area contributed by atoms with Gasteiger partial charge in [0.05, 0.1) is 13.2 Å². The van der Waals surface area contributed by atoms with Gasteiger partial charge < -0.3 is 15.0 Å². The van der Waals surface area contributed by atoms with Crippen LogP contribution in [0.1, 0.15) is 63.4 Å². The van der Waals surface area contributed by atoms with Gasteiger partial charge in [-0.05, 0) is 53.3 Å². The monoisotopic (exact) mass is 440 g/mol. The van der Waals surface area contributed by atoms with Crippen LogP contribution in [0.25, 0.3) is 0 Å². The molecule has 1 N–H and O–H groups in total. The minimum Gasteiger partial charge on any atom is -0.497 e. The van der Waals surface area contributed by atoms with E-state index in [2.05, 4.69) is 20.8 Å². The lowest BCUT2D eigenvalue weighted by Crippen LogP contribution is -2.65. The first kappa shape index (κ1) is 22.2. The van der Waals surface area contributed by atoms with Gasteiger partial charge in [-0.1, -0.05) is 45.2 Å². The van der Waals surface area contributed by atoms with E-state index in [1.807, 2.05) is 43.0 Å². The Labute approximate surface area is 188 Å². The van der Waals surface area contributed by atoms with Crippen LogP contribution in [0.2, 0.25) is 0 Å². The van der Waals surface area contributed by atoms with E-state index in [0.717, 1.165) is 30.6 Å². The molecular weight excluding hydrogens is 408 g/mol. The Kier molecular flexibility index (Phi) is 6.43. The maximum atomic E-state index is 13.7. The summed E-state index contributed by atoms with van der Waals surface area (Å²) in [6.07, 6.45) is 4.96. The van der Waals surface area contributed by atoms with Crippen LogP contribution in [-0.4, -0.2) is 56.1 Å². The number of rotatable bonds is 7. The molecule has 1 aromatic heterocycles. The lowest BCUT2D eigenvalue weighted by atomic mass is 9.77. The van der Waals surface area contributed by atoms with E-state index < -0.39 is 5.54 Å². The number of fused-ring (bicyclic) bond motifs is 1. The molecule has 4 rings (SSSR count). The fourth-order valence-electron chi connectivity index (χ4n) is 5.10. The van der Waals surface area contributed by atoms with Crippen LogP contribution < -0.4 is 10.1 Å². The highest BCUT2D eigenvalue weighted by Crippen LogP contribution is 2.43. The number of hydrogen-bond donors (Lipinski definition) is 1. The van der Waals surface area contributed by atoms with Crippen molar-refractivity contribution in [1.82, 2.24) is 30.4 Å². The molecule has 0 saturated heterocycles. The van der Waals surface area contributed by atoms with Crippen molar-refractivity contribution in [2.75, 3.05) is 13.7 Å². The molecule has 1 fully saturated rings. The quantitative estimate of drug-likeness (QED) is 0.709. The van der Waals surface area contributed by atoms with Crippen LogP contribution in [0, 0.1) is 5.92 Å². The Bertz CT molecular complexity index is 949. The third kappa shape index (κ3) is 4.08. The highest BCUT2D eigenvalue weighted by atomic mass is 16.5. The second kappa shape index (κ2) is 9.26. The van der Waals surface area contributed by atoms with Gasteiger partial charge in [-0.3, -0.25) is 9.59 Å². The maximum Gasteiger partial charge on any atom is 0.246 e. The van der Waals surface area contributed by atoms with Crippen molar-refractivity contribution < 1.29 is 14.3 Å². The van der Waals surface area contributed by atoms with Crippen molar-refractivity contribution in [1.29, 1.82) is 0 Å². The van der Waals surface area contributed by atoms with Crippen LogP contribution >= 0.6 is 0 Å². The lowest BCUT2D eigenvalue weighted by molar-refractivity contribution is -0.159. The first-order valence-electron chi connectivity index (χ1n) is 11.5. The van der Waals surface area contributed by atoms with Gasteiger partial charge in [0.15, 0.2) is 5.82 Å². The molecule has 172 valence electrons. The predicted octanol–water partition coefficient (Wildman–Crippen LogP) is 2.28. The van der Waals surface area contributed by atoms with E-state index in [9.17, 15) is 9.59 Å². The van der Waals surface area contributed by atoms with Crippen LogP contribution in [0.3, 0.4) is 0 Å². The fraction of sp³-hybridized carbons (Fsp3) is 0.609. The van der Waals surface area contributed by atoms with Crippen LogP contribution in [0.4, 0.5) is 0 Å². The Morgan fingerprint density at radius 1 is 1.22 bits per heavy atom. The zero-order chi connectivity index (χ0) is 22.7. The summed E-state index contributed by atoms with van der Waals surface area (Å²) < 4.78 is 6.78. The van der Waals surface area contributed by atoms with E-state index in [4.69, 9.17) is 4.74 Å². The number of nitrogens with one attached hydrogen (secondary N) is 1. The molecule has 0 spiro atoms. The molecular formula is C23H32N6O3. The third-order valence-corrected chi connectivity index (χ3v) is 6.71. The topological polar surface area (TPSA) is 102 Å². The van der Waals surface area contributed by atoms with Crippen LogP contribution in [0.5, 0.6) is 5.75 Å². The minimum absolute atomic E-state index is 0.0642. The first-order valence-corrected chi connectivity index (χ1v) is 11.5. The molecule has 1 saturated carbocycles.